The van der Waals surface area contributed by atoms with E-state index >= 15 is 0 Å². The van der Waals surface area contributed by atoms with Crippen LogP contribution in [0.25, 0.3) is 6.08 Å². The first kappa shape index (κ1) is 21.2. The Labute approximate surface area is 158 Å². The van der Waals surface area contributed by atoms with Crippen LogP contribution in [-0.2, 0) is 14.1 Å². The summed E-state index contributed by atoms with van der Waals surface area (Å²) in [5.41, 5.74) is -1.01. The summed E-state index contributed by atoms with van der Waals surface area (Å²) in [6.45, 7) is 10.1. The standard InChI is InChI=1S/C19H24BF2NO4/c1-11(24)15-8-13(16(21)9-17(15)22)7-14(10-23-12(2)25)20-26-18(3,4)19(5,6)27-20/h7-9H,10H2,1-6H3,(H,23,25). The minimum absolute atomic E-state index is 0.0108. The molecule has 5 nitrogen and oxygen atoms in total. The largest absolute Gasteiger partial charge is 0.492 e. The minimum Gasteiger partial charge on any atom is -0.400 e. The Morgan fingerprint density at radius 3 is 2.11 bits per heavy atom. The van der Waals surface area contributed by atoms with Crippen LogP contribution < -0.4 is 5.32 Å². The number of benzene rings is 1. The van der Waals surface area contributed by atoms with Gasteiger partial charge < -0.3 is 14.6 Å². The fraction of sp³-hybridized carbons (Fsp3) is 0.474. The number of ketones is 1. The predicted octanol–water partition coefficient (Wildman–Crippen LogP) is 3.32. The number of hydrogen-bond donors (Lipinski definition) is 1. The molecule has 0 aromatic heterocycles. The molecular weight excluding hydrogens is 355 g/mol. The van der Waals surface area contributed by atoms with Crippen molar-refractivity contribution in [1.29, 1.82) is 0 Å². The van der Waals surface area contributed by atoms with E-state index in [0.717, 1.165) is 6.07 Å². The minimum atomic E-state index is -0.920. The van der Waals surface area contributed by atoms with Gasteiger partial charge in [-0.1, -0.05) is 6.08 Å². The Morgan fingerprint density at radius 1 is 1.07 bits per heavy atom. The van der Waals surface area contributed by atoms with E-state index in [1.165, 1.54) is 19.9 Å². The summed E-state index contributed by atoms with van der Waals surface area (Å²) in [6.07, 6.45) is 1.42. The second kappa shape index (κ2) is 7.52. The topological polar surface area (TPSA) is 64.6 Å². The van der Waals surface area contributed by atoms with Gasteiger partial charge in [-0.2, -0.15) is 0 Å². The van der Waals surface area contributed by atoms with Crippen molar-refractivity contribution in [2.75, 3.05) is 6.54 Å². The quantitative estimate of drug-likeness (QED) is 0.630. The van der Waals surface area contributed by atoms with Crippen LogP contribution in [0.1, 0.15) is 57.5 Å². The number of amides is 1. The average molecular weight is 379 g/mol. The van der Waals surface area contributed by atoms with Gasteiger partial charge in [-0.3, -0.25) is 9.59 Å². The van der Waals surface area contributed by atoms with Gasteiger partial charge in [0.25, 0.3) is 0 Å². The molecule has 1 N–H and O–H groups in total. The smallest absolute Gasteiger partial charge is 0.400 e. The molecule has 146 valence electrons. The van der Waals surface area contributed by atoms with Crippen molar-refractivity contribution < 1.29 is 27.7 Å². The Morgan fingerprint density at radius 2 is 1.63 bits per heavy atom. The van der Waals surface area contributed by atoms with Gasteiger partial charge in [0.15, 0.2) is 5.78 Å². The predicted molar refractivity (Wildman–Crippen MR) is 99.1 cm³/mol. The molecule has 0 radical (unpaired) electrons. The molecule has 1 fully saturated rings. The highest BCUT2D eigenvalue weighted by atomic mass is 19.1. The first-order valence-corrected chi connectivity index (χ1v) is 8.64. The van der Waals surface area contributed by atoms with Gasteiger partial charge in [-0.25, -0.2) is 8.78 Å². The molecule has 0 spiro atoms. The van der Waals surface area contributed by atoms with E-state index in [9.17, 15) is 18.4 Å². The third-order valence-corrected chi connectivity index (χ3v) is 4.90. The van der Waals surface area contributed by atoms with Crippen molar-refractivity contribution in [1.82, 2.24) is 5.32 Å². The second-order valence-electron chi connectivity index (χ2n) is 7.63. The lowest BCUT2D eigenvalue weighted by Crippen LogP contribution is -2.41. The van der Waals surface area contributed by atoms with Gasteiger partial charge in [-0.05, 0) is 46.2 Å². The van der Waals surface area contributed by atoms with Gasteiger partial charge >= 0.3 is 7.12 Å². The number of nitrogens with one attached hydrogen (secondary N) is 1. The maximum Gasteiger partial charge on any atom is 0.492 e. The number of Topliss-reactive ketones (excluding diaryl/α,β-unsaturated/α-hetero) is 1. The number of hydrogen-bond acceptors (Lipinski definition) is 4. The van der Waals surface area contributed by atoms with E-state index < -0.39 is 35.7 Å². The molecule has 1 aromatic rings. The summed E-state index contributed by atoms with van der Waals surface area (Å²) >= 11 is 0. The highest BCUT2D eigenvalue weighted by Gasteiger charge is 2.52. The molecule has 1 amide bonds. The van der Waals surface area contributed by atoms with Crippen molar-refractivity contribution in [3.63, 3.8) is 0 Å². The molecule has 0 bridgehead atoms. The molecule has 0 saturated carbocycles. The molecule has 2 rings (SSSR count). The zero-order chi connectivity index (χ0) is 20.6. The number of rotatable bonds is 5. The molecule has 1 aromatic carbocycles. The normalized spacial score (nSPS) is 18.5. The van der Waals surface area contributed by atoms with Gasteiger partial charge in [0, 0.05) is 25.1 Å². The van der Waals surface area contributed by atoms with Crippen molar-refractivity contribution in [3.8, 4) is 0 Å². The molecule has 1 aliphatic heterocycles. The van der Waals surface area contributed by atoms with Crippen LogP contribution in [0.15, 0.2) is 17.6 Å². The molecule has 1 saturated heterocycles. The summed E-state index contributed by atoms with van der Waals surface area (Å²) in [5.74, 6) is -2.53. The summed E-state index contributed by atoms with van der Waals surface area (Å²) in [4.78, 5) is 22.9. The Hall–Kier alpha value is -2.06. The Kier molecular flexibility index (Phi) is 5.92. The molecule has 0 unspecified atom stereocenters. The van der Waals surface area contributed by atoms with E-state index in [-0.39, 0.29) is 23.6 Å². The highest BCUT2D eigenvalue weighted by Crippen LogP contribution is 2.38. The third-order valence-electron chi connectivity index (χ3n) is 4.90. The van der Waals surface area contributed by atoms with Crippen molar-refractivity contribution in [3.05, 3.63) is 40.4 Å². The fourth-order valence-electron chi connectivity index (χ4n) is 2.57. The van der Waals surface area contributed by atoms with E-state index in [2.05, 4.69) is 5.32 Å². The van der Waals surface area contributed by atoms with E-state index in [4.69, 9.17) is 9.31 Å². The lowest BCUT2D eigenvalue weighted by molar-refractivity contribution is -0.118. The summed E-state index contributed by atoms with van der Waals surface area (Å²) in [7, 11) is -0.827. The molecule has 0 atom stereocenters. The van der Waals surface area contributed by atoms with Crippen LogP contribution in [0, 0.1) is 11.6 Å². The van der Waals surface area contributed by atoms with Crippen LogP contribution in [0.4, 0.5) is 8.78 Å². The van der Waals surface area contributed by atoms with Crippen molar-refractivity contribution in [2.24, 2.45) is 0 Å². The molecule has 8 heteroatoms. The zero-order valence-electron chi connectivity index (χ0n) is 16.4. The maximum absolute atomic E-state index is 14.3. The molecule has 0 aliphatic carbocycles. The summed E-state index contributed by atoms with van der Waals surface area (Å²) < 4.78 is 40.0. The Bertz CT molecular complexity index is 789. The zero-order valence-corrected chi connectivity index (χ0v) is 16.4. The monoisotopic (exact) mass is 379 g/mol. The SMILES string of the molecule is CC(=O)NCC(=Cc1cc(C(C)=O)c(F)cc1F)B1OC(C)(C)C(C)(C)O1. The first-order chi connectivity index (χ1) is 12.3. The first-order valence-electron chi connectivity index (χ1n) is 8.64. The maximum atomic E-state index is 14.3. The van der Waals surface area contributed by atoms with Gasteiger partial charge in [-0.15, -0.1) is 0 Å². The summed E-state index contributed by atoms with van der Waals surface area (Å²) in [5, 5.41) is 2.64. The lowest BCUT2D eigenvalue weighted by Gasteiger charge is -2.32. The van der Waals surface area contributed by atoms with Crippen LogP contribution in [0.3, 0.4) is 0 Å². The number of carbonyl (C=O) groups excluding carboxylic acids is 2. The van der Waals surface area contributed by atoms with Crippen LogP contribution >= 0.6 is 0 Å². The number of halogens is 2. The molecule has 27 heavy (non-hydrogen) atoms. The fourth-order valence-corrected chi connectivity index (χ4v) is 2.57. The van der Waals surface area contributed by atoms with E-state index in [1.54, 1.807) is 0 Å². The Balaban J connectivity index is 2.47. The van der Waals surface area contributed by atoms with Crippen molar-refractivity contribution in [2.45, 2.75) is 52.7 Å². The second-order valence-corrected chi connectivity index (χ2v) is 7.63. The molecule has 1 aliphatic rings. The van der Waals surface area contributed by atoms with Gasteiger partial charge in [0.2, 0.25) is 5.91 Å². The third kappa shape index (κ3) is 4.62. The molecular formula is C19H24BF2NO4. The van der Waals surface area contributed by atoms with Crippen molar-refractivity contribution >= 4 is 24.9 Å². The summed E-state index contributed by atoms with van der Waals surface area (Å²) in [6, 6.07) is 1.81. The van der Waals surface area contributed by atoms with Crippen LogP contribution in [0.5, 0.6) is 0 Å². The van der Waals surface area contributed by atoms with Gasteiger partial charge in [0.1, 0.15) is 11.6 Å². The van der Waals surface area contributed by atoms with Crippen LogP contribution in [0.2, 0.25) is 0 Å². The van der Waals surface area contributed by atoms with Gasteiger partial charge in [0.05, 0.1) is 16.8 Å². The number of carbonyl (C=O) groups is 2. The van der Waals surface area contributed by atoms with E-state index in [1.807, 2.05) is 27.7 Å². The van der Waals surface area contributed by atoms with Crippen LogP contribution in [-0.4, -0.2) is 36.6 Å². The van der Waals surface area contributed by atoms with E-state index in [0.29, 0.717) is 11.5 Å². The average Bonchev–Trinajstić information content (AvgIpc) is 2.72. The molecule has 1 heterocycles. The highest BCUT2D eigenvalue weighted by molar-refractivity contribution is 6.56. The lowest BCUT2D eigenvalue weighted by atomic mass is 9.76.